The zero-order valence-corrected chi connectivity index (χ0v) is 10.8. The van der Waals surface area contributed by atoms with Gasteiger partial charge in [-0.15, -0.1) is 0 Å². The van der Waals surface area contributed by atoms with Crippen molar-refractivity contribution in [1.29, 1.82) is 0 Å². The number of benzene rings is 1. The highest BCUT2D eigenvalue weighted by molar-refractivity contribution is 5.76. The van der Waals surface area contributed by atoms with Gasteiger partial charge >= 0.3 is 5.69 Å². The number of amides is 1. The van der Waals surface area contributed by atoms with Gasteiger partial charge in [0.05, 0.1) is 11.5 Å². The van der Waals surface area contributed by atoms with Gasteiger partial charge < -0.3 is 4.74 Å². The van der Waals surface area contributed by atoms with E-state index in [2.05, 4.69) is 5.48 Å². The summed E-state index contributed by atoms with van der Waals surface area (Å²) in [6, 6.07) is 5.86. The molecule has 1 aromatic carbocycles. The molecule has 0 saturated carbocycles. The van der Waals surface area contributed by atoms with Gasteiger partial charge in [-0.05, 0) is 12.0 Å². The summed E-state index contributed by atoms with van der Waals surface area (Å²) >= 11 is 0. The van der Waals surface area contributed by atoms with Crippen molar-refractivity contribution in [3.63, 3.8) is 0 Å². The SMILES string of the molecule is CC(C)CONC(=O)COc1ccccc1[N+](=O)[O-]. The molecule has 0 aromatic heterocycles. The van der Waals surface area contributed by atoms with Gasteiger partial charge in [0, 0.05) is 6.07 Å². The van der Waals surface area contributed by atoms with E-state index >= 15 is 0 Å². The topological polar surface area (TPSA) is 90.7 Å². The molecular formula is C12H16N2O5. The average Bonchev–Trinajstić information content (AvgIpc) is 2.36. The maximum absolute atomic E-state index is 11.3. The molecule has 19 heavy (non-hydrogen) atoms. The largest absolute Gasteiger partial charge is 0.477 e. The Morgan fingerprint density at radius 3 is 2.74 bits per heavy atom. The fourth-order valence-corrected chi connectivity index (χ4v) is 1.19. The third kappa shape index (κ3) is 5.35. The van der Waals surface area contributed by atoms with Gasteiger partial charge in [-0.25, -0.2) is 5.48 Å². The van der Waals surface area contributed by atoms with E-state index in [9.17, 15) is 14.9 Å². The molecule has 0 unspecified atom stereocenters. The van der Waals surface area contributed by atoms with E-state index < -0.39 is 10.8 Å². The van der Waals surface area contributed by atoms with Crippen molar-refractivity contribution in [2.24, 2.45) is 5.92 Å². The van der Waals surface area contributed by atoms with Crippen LogP contribution in [0.4, 0.5) is 5.69 Å². The number of para-hydroxylation sites is 2. The van der Waals surface area contributed by atoms with Crippen LogP contribution in [-0.2, 0) is 9.63 Å². The first-order chi connectivity index (χ1) is 9.00. The van der Waals surface area contributed by atoms with E-state index in [1.54, 1.807) is 6.07 Å². The standard InChI is InChI=1S/C12H16N2O5/c1-9(2)7-19-13-12(15)8-18-11-6-4-3-5-10(11)14(16)17/h3-6,9H,7-8H2,1-2H3,(H,13,15). The molecule has 0 radical (unpaired) electrons. The van der Waals surface area contributed by atoms with Gasteiger partial charge in [-0.2, -0.15) is 0 Å². The number of nitrogens with zero attached hydrogens (tertiary/aromatic N) is 1. The number of hydroxylamine groups is 1. The second kappa shape index (κ2) is 7.32. The third-order valence-corrected chi connectivity index (χ3v) is 2.02. The summed E-state index contributed by atoms with van der Waals surface area (Å²) in [4.78, 5) is 26.4. The monoisotopic (exact) mass is 268 g/mol. The molecule has 7 nitrogen and oxygen atoms in total. The minimum absolute atomic E-state index is 0.0477. The quantitative estimate of drug-likeness (QED) is 0.600. The lowest BCUT2D eigenvalue weighted by molar-refractivity contribution is -0.385. The van der Waals surface area contributed by atoms with Crippen LogP contribution in [0.2, 0.25) is 0 Å². The number of nitro groups is 1. The molecular weight excluding hydrogens is 252 g/mol. The first kappa shape index (κ1) is 14.9. The smallest absolute Gasteiger partial charge is 0.310 e. The predicted molar refractivity (Wildman–Crippen MR) is 67.5 cm³/mol. The Bertz CT molecular complexity index is 448. The lowest BCUT2D eigenvalue weighted by Gasteiger charge is -2.09. The Morgan fingerprint density at radius 2 is 2.11 bits per heavy atom. The summed E-state index contributed by atoms with van der Waals surface area (Å²) in [5, 5.41) is 10.7. The van der Waals surface area contributed by atoms with Crippen molar-refractivity contribution in [3.8, 4) is 5.75 Å². The fraction of sp³-hybridized carbons (Fsp3) is 0.417. The highest BCUT2D eigenvalue weighted by Crippen LogP contribution is 2.25. The predicted octanol–water partition coefficient (Wildman–Crippen LogP) is 1.68. The minimum Gasteiger partial charge on any atom is -0.477 e. The lowest BCUT2D eigenvalue weighted by atomic mass is 10.2. The molecule has 1 aromatic rings. The van der Waals surface area contributed by atoms with Crippen molar-refractivity contribution < 1.29 is 19.3 Å². The van der Waals surface area contributed by atoms with E-state index in [-0.39, 0.29) is 24.0 Å². The van der Waals surface area contributed by atoms with Crippen molar-refractivity contribution in [1.82, 2.24) is 5.48 Å². The highest BCUT2D eigenvalue weighted by atomic mass is 16.7. The molecule has 0 bridgehead atoms. The fourth-order valence-electron chi connectivity index (χ4n) is 1.19. The van der Waals surface area contributed by atoms with Gasteiger partial charge in [0.1, 0.15) is 0 Å². The molecule has 1 rings (SSSR count). The Kier molecular flexibility index (Phi) is 5.74. The Balaban J connectivity index is 2.44. The Morgan fingerprint density at radius 1 is 1.42 bits per heavy atom. The zero-order chi connectivity index (χ0) is 14.3. The number of ether oxygens (including phenoxy) is 1. The maximum Gasteiger partial charge on any atom is 0.310 e. The van der Waals surface area contributed by atoms with E-state index in [1.807, 2.05) is 13.8 Å². The van der Waals surface area contributed by atoms with Crippen molar-refractivity contribution in [2.45, 2.75) is 13.8 Å². The Labute approximate surface area is 110 Å². The first-order valence-corrected chi connectivity index (χ1v) is 5.77. The number of nitrogens with one attached hydrogen (secondary N) is 1. The second-order valence-corrected chi connectivity index (χ2v) is 4.24. The molecule has 1 N–H and O–H groups in total. The molecule has 0 aliphatic carbocycles. The molecule has 0 atom stereocenters. The maximum atomic E-state index is 11.3. The van der Waals surface area contributed by atoms with Crippen LogP contribution in [0.15, 0.2) is 24.3 Å². The average molecular weight is 268 g/mol. The minimum atomic E-state index is -0.567. The van der Waals surface area contributed by atoms with E-state index in [0.29, 0.717) is 6.61 Å². The third-order valence-electron chi connectivity index (χ3n) is 2.02. The highest BCUT2D eigenvalue weighted by Gasteiger charge is 2.14. The molecule has 104 valence electrons. The van der Waals surface area contributed by atoms with Crippen molar-refractivity contribution in [2.75, 3.05) is 13.2 Å². The number of hydrogen-bond acceptors (Lipinski definition) is 5. The van der Waals surface area contributed by atoms with Crippen LogP contribution in [0.25, 0.3) is 0 Å². The van der Waals surface area contributed by atoms with Crippen molar-refractivity contribution in [3.05, 3.63) is 34.4 Å². The summed E-state index contributed by atoms with van der Waals surface area (Å²) < 4.78 is 5.08. The van der Waals surface area contributed by atoms with E-state index in [4.69, 9.17) is 9.57 Å². The van der Waals surface area contributed by atoms with Crippen molar-refractivity contribution >= 4 is 11.6 Å². The van der Waals surface area contributed by atoms with Crippen LogP contribution in [0.3, 0.4) is 0 Å². The summed E-state index contributed by atoms with van der Waals surface area (Å²) in [6.45, 7) is 3.92. The van der Waals surface area contributed by atoms with Gasteiger partial charge in [0.15, 0.2) is 12.4 Å². The number of hydrogen-bond donors (Lipinski definition) is 1. The normalized spacial score (nSPS) is 10.3. The molecule has 0 aliphatic rings. The zero-order valence-electron chi connectivity index (χ0n) is 10.8. The number of rotatable bonds is 7. The first-order valence-electron chi connectivity index (χ1n) is 5.77. The van der Waals surface area contributed by atoms with Crippen LogP contribution < -0.4 is 10.2 Å². The van der Waals surface area contributed by atoms with Crippen LogP contribution in [-0.4, -0.2) is 24.0 Å². The molecule has 0 fully saturated rings. The van der Waals surface area contributed by atoms with Gasteiger partial charge in [0.2, 0.25) is 0 Å². The van der Waals surface area contributed by atoms with Crippen LogP contribution in [0.1, 0.15) is 13.8 Å². The molecule has 0 heterocycles. The van der Waals surface area contributed by atoms with Gasteiger partial charge in [-0.3, -0.25) is 19.7 Å². The van der Waals surface area contributed by atoms with Gasteiger partial charge in [0.25, 0.3) is 5.91 Å². The molecule has 7 heteroatoms. The molecule has 0 aliphatic heterocycles. The van der Waals surface area contributed by atoms with E-state index in [0.717, 1.165) is 0 Å². The van der Waals surface area contributed by atoms with Crippen LogP contribution in [0, 0.1) is 16.0 Å². The lowest BCUT2D eigenvalue weighted by Crippen LogP contribution is -2.30. The summed E-state index contributed by atoms with van der Waals surface area (Å²) in [6.07, 6.45) is 0. The van der Waals surface area contributed by atoms with Crippen LogP contribution in [0.5, 0.6) is 5.75 Å². The van der Waals surface area contributed by atoms with E-state index in [1.165, 1.54) is 18.2 Å². The van der Waals surface area contributed by atoms with Crippen LogP contribution >= 0.6 is 0 Å². The van der Waals surface area contributed by atoms with Gasteiger partial charge in [-0.1, -0.05) is 26.0 Å². The summed E-state index contributed by atoms with van der Waals surface area (Å²) in [5.41, 5.74) is 2.02. The summed E-state index contributed by atoms with van der Waals surface area (Å²) in [7, 11) is 0. The summed E-state index contributed by atoms with van der Waals surface area (Å²) in [5.74, 6) is -0.165. The Hall–Kier alpha value is -2.15. The number of nitro benzene ring substituents is 1. The number of carbonyl (C=O) groups is 1. The number of carbonyl (C=O) groups excluding carboxylic acids is 1. The second-order valence-electron chi connectivity index (χ2n) is 4.24. The molecule has 1 amide bonds. The molecule has 0 spiro atoms. The molecule has 0 saturated heterocycles.